The van der Waals surface area contributed by atoms with Crippen molar-refractivity contribution in [2.75, 3.05) is 26.4 Å². The summed E-state index contributed by atoms with van der Waals surface area (Å²) in [5, 5.41) is 0. The van der Waals surface area contributed by atoms with Crippen LogP contribution in [0.2, 0.25) is 0 Å². The van der Waals surface area contributed by atoms with Gasteiger partial charge in [-0.15, -0.1) is 0 Å². The Hall–Kier alpha value is -0.900. The lowest BCUT2D eigenvalue weighted by Crippen LogP contribution is -2.40. The molecule has 0 spiro atoms. The van der Waals surface area contributed by atoms with Gasteiger partial charge in [-0.25, -0.2) is 0 Å². The van der Waals surface area contributed by atoms with Crippen molar-refractivity contribution in [2.45, 2.75) is 116 Å². The molecule has 0 aromatic carbocycles. The summed E-state index contributed by atoms with van der Waals surface area (Å²) in [5.41, 5.74) is -1.78. The third kappa shape index (κ3) is 7.57. The Kier molecular flexibility index (Phi) is 9.03. The van der Waals surface area contributed by atoms with E-state index in [1.807, 2.05) is 27.7 Å². The minimum atomic E-state index is -0.958. The van der Waals surface area contributed by atoms with Crippen LogP contribution < -0.4 is 0 Å². The second-order valence-electron chi connectivity index (χ2n) is 10.2. The number of hydrogen-bond donors (Lipinski definition) is 0. The number of ketones is 2. The molecular formula is C24H42O8. The summed E-state index contributed by atoms with van der Waals surface area (Å²) < 4.78 is 34.7. The molecule has 2 heterocycles. The van der Waals surface area contributed by atoms with Gasteiger partial charge in [-0.3, -0.25) is 9.59 Å². The summed E-state index contributed by atoms with van der Waals surface area (Å²) >= 11 is 0. The first kappa shape index (κ1) is 27.3. The summed E-state index contributed by atoms with van der Waals surface area (Å²) in [6.45, 7) is 16.2. The van der Waals surface area contributed by atoms with E-state index >= 15 is 0 Å². The Morgan fingerprint density at radius 1 is 0.875 bits per heavy atom. The Bertz CT molecular complexity index is 660. The molecular weight excluding hydrogens is 416 g/mol. The first-order valence-electron chi connectivity index (χ1n) is 11.7. The fraction of sp³-hybridized carbons (Fsp3) is 0.917. The highest BCUT2D eigenvalue weighted by molar-refractivity contribution is 5.86. The molecule has 2 fully saturated rings. The van der Waals surface area contributed by atoms with Gasteiger partial charge in [-0.2, -0.15) is 0 Å². The van der Waals surface area contributed by atoms with Gasteiger partial charge in [0.25, 0.3) is 0 Å². The predicted molar refractivity (Wildman–Crippen MR) is 118 cm³/mol. The van der Waals surface area contributed by atoms with Crippen molar-refractivity contribution >= 4 is 11.6 Å². The number of rotatable bonds is 13. The van der Waals surface area contributed by atoms with Gasteiger partial charge in [-0.1, -0.05) is 0 Å². The van der Waals surface area contributed by atoms with Gasteiger partial charge in [0.05, 0.1) is 25.9 Å². The maximum Gasteiger partial charge on any atom is 0.166 e. The third-order valence-corrected chi connectivity index (χ3v) is 6.16. The number of carbonyl (C=O) groups is 2. The molecule has 186 valence electrons. The standard InChI is InChI=1S/C24H42O8/c1-9-27-21(3,4)19(25)11-13-24(8)30-16-18(32-24)15-28-22(5,6)20(26)10-12-23(7)29-14-17(2)31-23/h17-18H,9-16H2,1-8H3. The molecule has 0 saturated carbocycles. The van der Waals surface area contributed by atoms with Crippen LogP contribution in [0, 0.1) is 0 Å². The van der Waals surface area contributed by atoms with Crippen molar-refractivity contribution in [1.29, 1.82) is 0 Å². The van der Waals surface area contributed by atoms with E-state index in [1.54, 1.807) is 27.7 Å². The molecule has 0 aromatic rings. The Balaban J connectivity index is 1.76. The highest BCUT2D eigenvalue weighted by Crippen LogP contribution is 2.31. The lowest BCUT2D eigenvalue weighted by atomic mass is 9.97. The van der Waals surface area contributed by atoms with Crippen LogP contribution in [-0.2, 0) is 38.0 Å². The van der Waals surface area contributed by atoms with Gasteiger partial charge < -0.3 is 28.4 Å². The summed E-state index contributed by atoms with van der Waals surface area (Å²) in [6, 6.07) is 0. The quantitative estimate of drug-likeness (QED) is 0.414. The maximum atomic E-state index is 12.7. The van der Waals surface area contributed by atoms with Gasteiger partial charge in [0.1, 0.15) is 17.3 Å². The van der Waals surface area contributed by atoms with Crippen molar-refractivity contribution in [3.05, 3.63) is 0 Å². The fourth-order valence-electron chi connectivity index (χ4n) is 3.93. The van der Waals surface area contributed by atoms with E-state index in [2.05, 4.69) is 0 Å². The van der Waals surface area contributed by atoms with E-state index in [0.717, 1.165) is 0 Å². The van der Waals surface area contributed by atoms with Crippen LogP contribution in [0.15, 0.2) is 0 Å². The molecule has 0 aliphatic carbocycles. The Labute approximate surface area is 192 Å². The SMILES string of the molecule is CCOC(C)(C)C(=O)CCC1(C)OCC(COC(C)(C)C(=O)CCC2(C)OCC(C)O2)O1. The van der Waals surface area contributed by atoms with E-state index in [0.29, 0.717) is 45.5 Å². The second-order valence-corrected chi connectivity index (χ2v) is 10.2. The smallest absolute Gasteiger partial charge is 0.166 e. The molecule has 4 atom stereocenters. The third-order valence-electron chi connectivity index (χ3n) is 6.16. The molecule has 0 bridgehead atoms. The van der Waals surface area contributed by atoms with E-state index in [4.69, 9.17) is 28.4 Å². The molecule has 2 aliphatic rings. The summed E-state index contributed by atoms with van der Waals surface area (Å²) in [4.78, 5) is 25.2. The number of hydrogen-bond acceptors (Lipinski definition) is 8. The van der Waals surface area contributed by atoms with Crippen molar-refractivity contribution < 1.29 is 38.0 Å². The molecule has 0 radical (unpaired) electrons. The molecule has 8 nitrogen and oxygen atoms in total. The zero-order valence-corrected chi connectivity index (χ0v) is 21.1. The summed E-state index contributed by atoms with van der Waals surface area (Å²) in [7, 11) is 0. The van der Waals surface area contributed by atoms with Gasteiger partial charge in [0.15, 0.2) is 23.1 Å². The van der Waals surface area contributed by atoms with Crippen LogP contribution in [0.3, 0.4) is 0 Å². The first-order chi connectivity index (χ1) is 14.7. The lowest BCUT2D eigenvalue weighted by molar-refractivity contribution is -0.177. The average Bonchev–Trinajstić information content (AvgIpc) is 3.25. The van der Waals surface area contributed by atoms with Crippen LogP contribution in [-0.4, -0.2) is 73.0 Å². The van der Waals surface area contributed by atoms with Crippen molar-refractivity contribution in [2.24, 2.45) is 0 Å². The first-order valence-corrected chi connectivity index (χ1v) is 11.7. The maximum absolute atomic E-state index is 12.7. The number of Topliss-reactive ketones (excluding diaryl/α,β-unsaturated/α-hetero) is 2. The normalized spacial score (nSPS) is 31.2. The molecule has 2 saturated heterocycles. The highest BCUT2D eigenvalue weighted by Gasteiger charge is 2.41. The highest BCUT2D eigenvalue weighted by atomic mass is 16.8. The Morgan fingerprint density at radius 2 is 1.38 bits per heavy atom. The van der Waals surface area contributed by atoms with Crippen LogP contribution >= 0.6 is 0 Å². The van der Waals surface area contributed by atoms with Crippen molar-refractivity contribution in [1.82, 2.24) is 0 Å². The molecule has 4 unspecified atom stereocenters. The van der Waals surface area contributed by atoms with Gasteiger partial charge in [-0.05, 0) is 55.4 Å². The molecule has 0 N–H and O–H groups in total. The van der Waals surface area contributed by atoms with Gasteiger partial charge >= 0.3 is 0 Å². The van der Waals surface area contributed by atoms with Crippen molar-refractivity contribution in [3.63, 3.8) is 0 Å². The number of ether oxygens (including phenoxy) is 6. The average molecular weight is 459 g/mol. The van der Waals surface area contributed by atoms with E-state index in [1.165, 1.54) is 0 Å². The predicted octanol–water partition coefficient (Wildman–Crippen LogP) is 3.58. The van der Waals surface area contributed by atoms with Crippen LogP contribution in [0.5, 0.6) is 0 Å². The summed E-state index contributed by atoms with van der Waals surface area (Å²) in [5.74, 6) is -1.58. The van der Waals surface area contributed by atoms with Crippen LogP contribution in [0.1, 0.15) is 81.1 Å². The fourth-order valence-corrected chi connectivity index (χ4v) is 3.93. The largest absolute Gasteiger partial charge is 0.368 e. The summed E-state index contributed by atoms with van der Waals surface area (Å²) in [6.07, 6.45) is 1.24. The molecule has 0 aromatic heterocycles. The zero-order chi connectivity index (χ0) is 24.2. The molecule has 32 heavy (non-hydrogen) atoms. The van der Waals surface area contributed by atoms with E-state index < -0.39 is 22.8 Å². The molecule has 8 heteroatoms. The van der Waals surface area contributed by atoms with Gasteiger partial charge in [0.2, 0.25) is 0 Å². The van der Waals surface area contributed by atoms with E-state index in [-0.39, 0.29) is 30.4 Å². The van der Waals surface area contributed by atoms with Crippen LogP contribution in [0.4, 0.5) is 0 Å². The van der Waals surface area contributed by atoms with Gasteiger partial charge in [0, 0.05) is 32.3 Å². The molecule has 0 amide bonds. The minimum Gasteiger partial charge on any atom is -0.368 e. The monoisotopic (exact) mass is 458 g/mol. The molecule has 2 rings (SSSR count). The topological polar surface area (TPSA) is 89.5 Å². The number of carbonyl (C=O) groups excluding carboxylic acids is 2. The van der Waals surface area contributed by atoms with Crippen LogP contribution in [0.25, 0.3) is 0 Å². The van der Waals surface area contributed by atoms with Crippen molar-refractivity contribution in [3.8, 4) is 0 Å². The second kappa shape index (κ2) is 10.6. The zero-order valence-electron chi connectivity index (χ0n) is 21.1. The van der Waals surface area contributed by atoms with E-state index in [9.17, 15) is 9.59 Å². The Morgan fingerprint density at radius 3 is 1.88 bits per heavy atom. The molecule has 2 aliphatic heterocycles. The minimum absolute atomic E-state index is 0.0116. The lowest BCUT2D eigenvalue weighted by Gasteiger charge is -2.29.